The third-order valence-electron chi connectivity index (χ3n) is 22.8. The van der Waals surface area contributed by atoms with Crippen molar-refractivity contribution in [1.29, 1.82) is 0 Å². The van der Waals surface area contributed by atoms with Crippen molar-refractivity contribution in [2.75, 3.05) is 0 Å². The van der Waals surface area contributed by atoms with E-state index in [9.17, 15) is 0 Å². The summed E-state index contributed by atoms with van der Waals surface area (Å²) in [5, 5.41) is 0. The third kappa shape index (κ3) is 13.5. The number of rotatable bonds is 14. The van der Waals surface area contributed by atoms with Gasteiger partial charge in [-0.1, -0.05) is 404 Å². The Bertz CT molecular complexity index is 6390. The lowest BCUT2D eigenvalue weighted by Crippen LogP contribution is -2.14. The SMILES string of the molecule is CC1(C)c2ccccc2-c2ccc(-c3ccc(-c4ccc(-c5nc(-c6cccc(-c7ccccc7)c6)nc(-c6cccc(-c7ccccc7)c6)n5)cc4)cc3)cc21.CC1(C)c2ccccc2-c2ccc(-c3ccc(-c4ccc(-c5nc(-c6ccccc6-c6ccccc6)nc(-c6ccccc6-c6ccccc6)n5)cc4)cc3)cc21. The Morgan fingerprint density at radius 1 is 0.132 bits per heavy atom. The molecule has 0 bridgehead atoms. The van der Waals surface area contributed by atoms with Gasteiger partial charge in [0.15, 0.2) is 34.9 Å². The maximum absolute atomic E-state index is 5.19. The van der Waals surface area contributed by atoms with Gasteiger partial charge in [-0.25, -0.2) is 29.9 Å². The number of hydrogen-bond donors (Lipinski definition) is 0. The van der Waals surface area contributed by atoms with Crippen LogP contribution < -0.4 is 0 Å². The van der Waals surface area contributed by atoms with E-state index < -0.39 is 0 Å². The summed E-state index contributed by atoms with van der Waals surface area (Å²) in [4.78, 5) is 30.8. The van der Waals surface area contributed by atoms with Gasteiger partial charge in [0.25, 0.3) is 0 Å². The molecule has 18 aromatic rings. The molecule has 0 amide bonds. The van der Waals surface area contributed by atoms with Crippen molar-refractivity contribution in [3.63, 3.8) is 0 Å². The molecule has 0 saturated heterocycles. The van der Waals surface area contributed by atoms with E-state index in [1.54, 1.807) is 0 Å². The van der Waals surface area contributed by atoms with Gasteiger partial charge < -0.3 is 0 Å². The van der Waals surface area contributed by atoms with E-state index >= 15 is 0 Å². The first-order valence-electron chi connectivity index (χ1n) is 39.0. The molecular weight excluding hydrogens is 1380 g/mol. The van der Waals surface area contributed by atoms with Gasteiger partial charge in [-0.3, -0.25) is 0 Å². The Balaban J connectivity index is 0.000000153. The van der Waals surface area contributed by atoms with E-state index in [1.165, 1.54) is 66.8 Å². The van der Waals surface area contributed by atoms with Crippen molar-refractivity contribution in [3.05, 3.63) is 423 Å². The summed E-state index contributed by atoms with van der Waals surface area (Å²) in [6, 6.07) is 142. The van der Waals surface area contributed by atoms with Gasteiger partial charge in [0.05, 0.1) is 0 Å². The zero-order valence-electron chi connectivity index (χ0n) is 63.8. The van der Waals surface area contributed by atoms with E-state index in [4.69, 9.17) is 29.9 Å². The van der Waals surface area contributed by atoms with Gasteiger partial charge in [0, 0.05) is 44.2 Å². The van der Waals surface area contributed by atoms with Gasteiger partial charge in [0.2, 0.25) is 0 Å². The van der Waals surface area contributed by atoms with Crippen molar-refractivity contribution in [1.82, 2.24) is 29.9 Å². The molecule has 0 fully saturated rings. The second kappa shape index (κ2) is 29.7. The second-order valence-electron chi connectivity index (χ2n) is 30.5. The van der Waals surface area contributed by atoms with Crippen LogP contribution in [0.1, 0.15) is 49.9 Å². The highest BCUT2D eigenvalue weighted by molar-refractivity contribution is 5.89. The van der Waals surface area contributed by atoms with Crippen LogP contribution in [-0.4, -0.2) is 29.9 Å². The normalized spacial score (nSPS) is 12.5. The highest BCUT2D eigenvalue weighted by Crippen LogP contribution is 2.52. The molecular formula is C108H78N6. The van der Waals surface area contributed by atoms with Crippen LogP contribution in [0.5, 0.6) is 0 Å². The molecule has 0 radical (unpaired) electrons. The zero-order chi connectivity index (χ0) is 76.7. The lowest BCUT2D eigenvalue weighted by atomic mass is 9.81. The molecule has 20 rings (SSSR count). The van der Waals surface area contributed by atoms with Crippen LogP contribution >= 0.6 is 0 Å². The van der Waals surface area contributed by atoms with Crippen LogP contribution in [0.3, 0.4) is 0 Å². The minimum atomic E-state index is -0.0275. The number of hydrogen-bond acceptors (Lipinski definition) is 6. The topological polar surface area (TPSA) is 77.3 Å². The van der Waals surface area contributed by atoms with Crippen LogP contribution in [0, 0.1) is 0 Å². The molecule has 0 N–H and O–H groups in total. The lowest BCUT2D eigenvalue weighted by molar-refractivity contribution is 0.660. The molecule has 0 atom stereocenters. The average molecular weight is 1460 g/mol. The molecule has 540 valence electrons. The highest BCUT2D eigenvalue weighted by Gasteiger charge is 2.37. The standard InChI is InChI=1S/2C54H39N3/c1-54(2)49-24-14-13-21-45(49)46-34-33-42(35-50(46)54)38-27-25-36(26-28-38)37-29-31-41(32-30-37)51-55-52(47-22-11-9-19-43(47)39-15-5-3-6-16-39)57-53(56-51)48-23-12-10-20-44(48)40-17-7-4-8-18-40;1-54(2)49-22-10-9-21-47(49)48-32-31-44(35-50(48)54)40-25-23-38(24-26-40)39-27-29-41(30-28-39)51-55-52(45-19-11-17-42(33-45)36-13-5-3-6-14-36)57-53(56-51)46-20-12-18-43(34-46)37-15-7-4-8-16-37/h2*3-35H,1-2H3. The number of fused-ring (bicyclic) bond motifs is 6. The fraction of sp³-hybridized carbons (Fsp3) is 0.0556. The van der Waals surface area contributed by atoms with Crippen LogP contribution in [0.15, 0.2) is 400 Å². The molecule has 16 aromatic carbocycles. The maximum Gasteiger partial charge on any atom is 0.164 e. The van der Waals surface area contributed by atoms with Gasteiger partial charge in [-0.05, 0) is 158 Å². The van der Waals surface area contributed by atoms with Crippen molar-refractivity contribution in [2.45, 2.75) is 38.5 Å². The third-order valence-corrected chi connectivity index (χ3v) is 22.8. The Morgan fingerprint density at radius 2 is 0.342 bits per heavy atom. The second-order valence-corrected chi connectivity index (χ2v) is 30.5. The summed E-state index contributed by atoms with van der Waals surface area (Å²) in [5.41, 5.74) is 34.9. The molecule has 2 aliphatic rings. The summed E-state index contributed by atoms with van der Waals surface area (Å²) in [7, 11) is 0. The number of aromatic nitrogens is 6. The Morgan fingerprint density at radius 3 is 0.693 bits per heavy atom. The minimum absolute atomic E-state index is 0.0257. The first-order valence-corrected chi connectivity index (χ1v) is 39.0. The molecule has 114 heavy (non-hydrogen) atoms. The predicted molar refractivity (Wildman–Crippen MR) is 471 cm³/mol. The van der Waals surface area contributed by atoms with Gasteiger partial charge in [-0.2, -0.15) is 0 Å². The van der Waals surface area contributed by atoms with Crippen molar-refractivity contribution in [3.8, 4) is 180 Å². The highest BCUT2D eigenvalue weighted by atomic mass is 15.0. The summed E-state index contributed by atoms with van der Waals surface area (Å²) in [6.07, 6.45) is 0. The average Bonchev–Trinajstić information content (AvgIpc) is 1.58. The van der Waals surface area contributed by atoms with Crippen molar-refractivity contribution < 1.29 is 0 Å². The number of nitrogens with zero attached hydrogens (tertiary/aromatic N) is 6. The molecule has 2 heterocycles. The van der Waals surface area contributed by atoms with Crippen molar-refractivity contribution >= 4 is 0 Å². The maximum atomic E-state index is 5.19. The molecule has 0 aliphatic heterocycles. The summed E-state index contributed by atoms with van der Waals surface area (Å²) >= 11 is 0. The summed E-state index contributed by atoms with van der Waals surface area (Å²) < 4.78 is 0. The summed E-state index contributed by atoms with van der Waals surface area (Å²) in [6.45, 7) is 9.33. The minimum Gasteiger partial charge on any atom is -0.208 e. The lowest BCUT2D eigenvalue weighted by Gasteiger charge is -2.22. The molecule has 6 nitrogen and oxygen atoms in total. The van der Waals surface area contributed by atoms with Crippen LogP contribution in [0.25, 0.3) is 180 Å². The van der Waals surface area contributed by atoms with Crippen LogP contribution in [0.4, 0.5) is 0 Å². The van der Waals surface area contributed by atoms with Crippen LogP contribution in [0.2, 0.25) is 0 Å². The van der Waals surface area contributed by atoms with E-state index in [0.29, 0.717) is 34.9 Å². The van der Waals surface area contributed by atoms with Crippen LogP contribution in [-0.2, 0) is 10.8 Å². The van der Waals surface area contributed by atoms with Gasteiger partial charge in [-0.15, -0.1) is 0 Å². The largest absolute Gasteiger partial charge is 0.208 e. The van der Waals surface area contributed by atoms with E-state index in [1.807, 2.05) is 36.4 Å². The monoisotopic (exact) mass is 1460 g/mol. The predicted octanol–water partition coefficient (Wildman–Crippen LogP) is 27.7. The number of benzene rings is 16. The van der Waals surface area contributed by atoms with Gasteiger partial charge >= 0.3 is 0 Å². The Kier molecular flexibility index (Phi) is 18.3. The van der Waals surface area contributed by atoms with E-state index in [-0.39, 0.29) is 10.8 Å². The zero-order valence-corrected chi connectivity index (χ0v) is 63.8. The molecule has 0 spiro atoms. The first kappa shape index (κ1) is 70.0. The first-order chi connectivity index (χ1) is 56.0. The Hall–Kier alpha value is -14.5. The van der Waals surface area contributed by atoms with E-state index in [2.05, 4.69) is 392 Å². The molecule has 2 aliphatic carbocycles. The molecule has 6 heteroatoms. The smallest absolute Gasteiger partial charge is 0.164 e. The quantitative estimate of drug-likeness (QED) is 0.108. The van der Waals surface area contributed by atoms with Gasteiger partial charge in [0.1, 0.15) is 0 Å². The fourth-order valence-corrected chi connectivity index (χ4v) is 16.6. The summed E-state index contributed by atoms with van der Waals surface area (Å²) in [5.74, 6) is 3.80. The van der Waals surface area contributed by atoms with E-state index in [0.717, 1.165) is 100 Å². The molecule has 0 saturated carbocycles. The van der Waals surface area contributed by atoms with Crippen molar-refractivity contribution in [2.24, 2.45) is 0 Å². The Labute approximate surface area is 666 Å². The molecule has 2 aromatic heterocycles. The fourth-order valence-electron chi connectivity index (χ4n) is 16.6. The molecule has 0 unspecified atom stereocenters.